The van der Waals surface area contributed by atoms with Crippen LogP contribution >= 0.6 is 11.6 Å². The van der Waals surface area contributed by atoms with E-state index in [4.69, 9.17) is 21.1 Å². The topological polar surface area (TPSA) is 96.4 Å². The fourth-order valence-electron chi connectivity index (χ4n) is 6.44. The Kier molecular flexibility index (Phi) is 8.11. The minimum atomic E-state index is -1.15. The molecule has 0 saturated carbocycles. The number of carbonyl (C=O) groups is 3. The highest BCUT2D eigenvalue weighted by Gasteiger charge is 2.79. The Labute approximate surface area is 222 Å². The van der Waals surface area contributed by atoms with Crippen molar-refractivity contribution in [3.05, 3.63) is 54.6 Å². The zero-order valence-electron chi connectivity index (χ0n) is 21.2. The number of aliphatic hydroxyl groups is 1. The molecule has 5 atom stereocenters. The SMILES string of the molecule is C=CCOC(=O)[C@@H]1[C@H]2C(=O)N(CCCCO)C(C(=O)N(CC=C)c3ccc(Cl)cc3)C23CC[C@@]1(CC)O3. The van der Waals surface area contributed by atoms with E-state index in [1.807, 2.05) is 6.92 Å². The molecule has 9 heteroatoms. The van der Waals surface area contributed by atoms with Crippen molar-refractivity contribution in [3.8, 4) is 0 Å². The lowest BCUT2D eigenvalue weighted by Gasteiger charge is -2.37. The van der Waals surface area contributed by atoms with Crippen LogP contribution < -0.4 is 4.90 Å². The lowest BCUT2D eigenvalue weighted by molar-refractivity contribution is -0.159. The van der Waals surface area contributed by atoms with Crippen LogP contribution in [0.3, 0.4) is 0 Å². The molecule has 3 heterocycles. The number of benzene rings is 1. The fourth-order valence-corrected chi connectivity index (χ4v) is 6.57. The Bertz CT molecular complexity index is 1060. The van der Waals surface area contributed by atoms with Crippen molar-refractivity contribution in [2.24, 2.45) is 11.8 Å². The van der Waals surface area contributed by atoms with E-state index in [1.165, 1.54) is 6.08 Å². The smallest absolute Gasteiger partial charge is 0.313 e. The predicted octanol–water partition coefficient (Wildman–Crippen LogP) is 3.52. The molecule has 1 spiro atoms. The number of likely N-dealkylation sites (tertiary alicyclic amines) is 1. The van der Waals surface area contributed by atoms with Gasteiger partial charge in [0.1, 0.15) is 24.2 Å². The second kappa shape index (κ2) is 11.0. The van der Waals surface area contributed by atoms with Gasteiger partial charge in [-0.05, 0) is 56.4 Å². The molecule has 3 saturated heterocycles. The molecule has 2 bridgehead atoms. The van der Waals surface area contributed by atoms with Crippen LogP contribution in [0.15, 0.2) is 49.6 Å². The average Bonchev–Trinajstić information content (AvgIpc) is 3.50. The Morgan fingerprint density at radius 2 is 1.97 bits per heavy atom. The van der Waals surface area contributed by atoms with E-state index < -0.39 is 35.0 Å². The summed E-state index contributed by atoms with van der Waals surface area (Å²) < 4.78 is 12.2. The van der Waals surface area contributed by atoms with E-state index >= 15 is 0 Å². The molecule has 1 N–H and O–H groups in total. The van der Waals surface area contributed by atoms with Gasteiger partial charge in [0.2, 0.25) is 5.91 Å². The first-order valence-corrected chi connectivity index (χ1v) is 13.2. The number of amides is 2. The van der Waals surface area contributed by atoms with Crippen LogP contribution in [-0.4, -0.2) is 71.3 Å². The lowest BCUT2D eigenvalue weighted by atomic mass is 9.65. The maximum Gasteiger partial charge on any atom is 0.313 e. The second-order valence-electron chi connectivity index (χ2n) is 9.93. The van der Waals surface area contributed by atoms with Gasteiger partial charge in [-0.2, -0.15) is 0 Å². The summed E-state index contributed by atoms with van der Waals surface area (Å²) in [5.41, 5.74) is -1.39. The molecule has 2 amide bonds. The van der Waals surface area contributed by atoms with Gasteiger partial charge in [0.05, 0.1) is 11.5 Å². The molecule has 1 aromatic rings. The van der Waals surface area contributed by atoms with Gasteiger partial charge in [0, 0.05) is 30.4 Å². The zero-order valence-corrected chi connectivity index (χ0v) is 22.0. The largest absolute Gasteiger partial charge is 0.461 e. The van der Waals surface area contributed by atoms with E-state index in [2.05, 4.69) is 13.2 Å². The van der Waals surface area contributed by atoms with Gasteiger partial charge in [0.15, 0.2) is 0 Å². The first-order chi connectivity index (χ1) is 17.8. The van der Waals surface area contributed by atoms with Crippen molar-refractivity contribution in [2.45, 2.75) is 56.3 Å². The van der Waals surface area contributed by atoms with Crippen LogP contribution in [0.2, 0.25) is 5.02 Å². The van der Waals surface area contributed by atoms with Crippen LogP contribution in [0.4, 0.5) is 5.69 Å². The van der Waals surface area contributed by atoms with E-state index in [1.54, 1.807) is 40.1 Å². The summed E-state index contributed by atoms with van der Waals surface area (Å²) in [5, 5.41) is 9.88. The quantitative estimate of drug-likeness (QED) is 0.252. The molecule has 4 rings (SSSR count). The molecule has 8 nitrogen and oxygen atoms in total. The molecule has 0 radical (unpaired) electrons. The molecular weight excluding hydrogens is 496 g/mol. The van der Waals surface area contributed by atoms with Crippen molar-refractivity contribution in [1.29, 1.82) is 0 Å². The van der Waals surface area contributed by atoms with E-state index in [0.717, 1.165) is 0 Å². The summed E-state index contributed by atoms with van der Waals surface area (Å²) >= 11 is 6.08. The van der Waals surface area contributed by atoms with Crippen molar-refractivity contribution in [1.82, 2.24) is 4.90 Å². The monoisotopic (exact) mass is 530 g/mol. The Balaban J connectivity index is 1.78. The number of ether oxygens (including phenoxy) is 2. The first kappa shape index (κ1) is 27.4. The first-order valence-electron chi connectivity index (χ1n) is 12.9. The average molecular weight is 531 g/mol. The summed E-state index contributed by atoms with van der Waals surface area (Å²) in [5.74, 6) is -2.70. The van der Waals surface area contributed by atoms with Gasteiger partial charge in [0.25, 0.3) is 5.91 Å². The van der Waals surface area contributed by atoms with Crippen LogP contribution in [-0.2, 0) is 23.9 Å². The number of esters is 1. The number of fused-ring (bicyclic) bond motifs is 1. The zero-order chi connectivity index (χ0) is 26.8. The molecule has 2 unspecified atom stereocenters. The molecule has 3 aliphatic rings. The maximum atomic E-state index is 14.4. The lowest BCUT2D eigenvalue weighted by Crippen LogP contribution is -2.56. The number of hydrogen-bond acceptors (Lipinski definition) is 6. The number of carbonyl (C=O) groups excluding carboxylic acids is 3. The fraction of sp³-hybridized carbons (Fsp3) is 0.536. The summed E-state index contributed by atoms with van der Waals surface area (Å²) in [4.78, 5) is 44.8. The molecule has 37 heavy (non-hydrogen) atoms. The van der Waals surface area contributed by atoms with Crippen LogP contribution in [0, 0.1) is 11.8 Å². The normalized spacial score (nSPS) is 29.8. The summed E-state index contributed by atoms with van der Waals surface area (Å²) in [6.45, 7) is 9.88. The number of hydrogen-bond donors (Lipinski definition) is 1. The summed E-state index contributed by atoms with van der Waals surface area (Å²) in [6, 6.07) is 5.99. The highest BCUT2D eigenvalue weighted by atomic mass is 35.5. The van der Waals surface area contributed by atoms with Gasteiger partial charge < -0.3 is 24.4 Å². The Hall–Kier alpha value is -2.68. The van der Waals surface area contributed by atoms with Crippen LogP contribution in [0.5, 0.6) is 0 Å². The van der Waals surface area contributed by atoms with Crippen molar-refractivity contribution >= 4 is 35.1 Å². The molecular formula is C28H35ClN2O6. The number of nitrogens with zero attached hydrogens (tertiary/aromatic N) is 2. The third-order valence-electron chi connectivity index (χ3n) is 8.04. The highest BCUT2D eigenvalue weighted by Crippen LogP contribution is 2.64. The maximum absolute atomic E-state index is 14.4. The van der Waals surface area contributed by atoms with Gasteiger partial charge in [-0.3, -0.25) is 14.4 Å². The van der Waals surface area contributed by atoms with Crippen LogP contribution in [0.25, 0.3) is 0 Å². The molecule has 3 aliphatic heterocycles. The van der Waals surface area contributed by atoms with Crippen molar-refractivity contribution < 1.29 is 29.0 Å². The standard InChI is InChI=1S/C28H35ClN2O6/c1-4-15-30(20-11-9-19(29)10-12-20)25(34)23-28-14-13-27(6-3,37-28)22(26(35)36-18-5-2)21(28)24(33)31(23)16-7-8-17-32/h4-5,9-12,21-23,32H,1-2,6-8,13-18H2,3H3/t21-,22-,23?,27+,28?/m0/s1. The third kappa shape index (κ3) is 4.49. The molecule has 0 aliphatic carbocycles. The van der Waals surface area contributed by atoms with Crippen LogP contribution in [0.1, 0.15) is 39.0 Å². The minimum Gasteiger partial charge on any atom is -0.461 e. The van der Waals surface area contributed by atoms with Crippen molar-refractivity contribution in [3.63, 3.8) is 0 Å². The third-order valence-corrected chi connectivity index (χ3v) is 8.29. The van der Waals surface area contributed by atoms with Gasteiger partial charge in [-0.1, -0.05) is 37.3 Å². The van der Waals surface area contributed by atoms with Gasteiger partial charge in [-0.15, -0.1) is 6.58 Å². The Morgan fingerprint density at radius 1 is 1.24 bits per heavy atom. The Morgan fingerprint density at radius 3 is 2.59 bits per heavy atom. The predicted molar refractivity (Wildman–Crippen MR) is 140 cm³/mol. The summed E-state index contributed by atoms with van der Waals surface area (Å²) in [7, 11) is 0. The second-order valence-corrected chi connectivity index (χ2v) is 10.4. The minimum absolute atomic E-state index is 0.0193. The molecule has 3 fully saturated rings. The number of anilines is 1. The molecule has 200 valence electrons. The molecule has 0 aromatic heterocycles. The van der Waals surface area contributed by atoms with E-state index in [0.29, 0.717) is 42.8 Å². The number of halogens is 1. The van der Waals surface area contributed by atoms with E-state index in [-0.39, 0.29) is 38.1 Å². The van der Waals surface area contributed by atoms with Gasteiger partial charge in [-0.25, -0.2) is 0 Å². The summed E-state index contributed by atoms with van der Waals surface area (Å²) in [6.07, 6.45) is 5.68. The van der Waals surface area contributed by atoms with Crippen molar-refractivity contribution in [2.75, 3.05) is 31.2 Å². The number of aliphatic hydroxyl groups excluding tert-OH is 1. The number of rotatable bonds is 12. The van der Waals surface area contributed by atoms with E-state index in [9.17, 15) is 19.5 Å². The molecule has 1 aromatic carbocycles. The number of unbranched alkanes of at least 4 members (excludes halogenated alkanes) is 1. The highest BCUT2D eigenvalue weighted by molar-refractivity contribution is 6.30. The van der Waals surface area contributed by atoms with Gasteiger partial charge >= 0.3 is 5.97 Å².